The molecular formula is C15H17NS. The minimum atomic E-state index is 0.0921. The van der Waals surface area contributed by atoms with Crippen molar-refractivity contribution in [2.45, 2.75) is 23.6 Å². The van der Waals surface area contributed by atoms with E-state index in [1.54, 1.807) is 0 Å². The summed E-state index contributed by atoms with van der Waals surface area (Å²) in [5.41, 5.74) is 8.54. The number of benzene rings is 2. The molecule has 17 heavy (non-hydrogen) atoms. The molecule has 1 nitrogen and oxygen atoms in total. The fraction of sp³-hybridized carbons (Fsp3) is 0.200. The molecule has 0 saturated heterocycles. The molecule has 0 heterocycles. The van der Waals surface area contributed by atoms with Crippen LogP contribution in [-0.2, 0) is 5.75 Å². The summed E-state index contributed by atoms with van der Waals surface area (Å²) >= 11 is 1.85. The third-order valence-corrected chi connectivity index (χ3v) is 3.81. The highest BCUT2D eigenvalue weighted by atomic mass is 32.2. The average molecular weight is 243 g/mol. The monoisotopic (exact) mass is 243 g/mol. The summed E-state index contributed by atoms with van der Waals surface area (Å²) in [7, 11) is 0. The second-order valence-electron chi connectivity index (χ2n) is 4.10. The van der Waals surface area contributed by atoms with Gasteiger partial charge in [0, 0.05) is 16.7 Å². The third-order valence-electron chi connectivity index (χ3n) is 2.65. The van der Waals surface area contributed by atoms with E-state index in [4.69, 9.17) is 5.73 Å². The number of hydrogen-bond acceptors (Lipinski definition) is 2. The molecule has 0 radical (unpaired) electrons. The first-order chi connectivity index (χ1) is 8.27. The number of thioether (sulfide) groups is 1. The zero-order chi connectivity index (χ0) is 12.1. The molecule has 0 aliphatic carbocycles. The number of nitrogens with two attached hydrogens (primary N) is 1. The molecule has 2 aromatic rings. The van der Waals surface area contributed by atoms with Crippen molar-refractivity contribution >= 4 is 11.8 Å². The van der Waals surface area contributed by atoms with Gasteiger partial charge in [-0.05, 0) is 24.1 Å². The quantitative estimate of drug-likeness (QED) is 0.821. The maximum atomic E-state index is 5.97. The first-order valence-electron chi connectivity index (χ1n) is 5.78. The molecule has 2 aromatic carbocycles. The van der Waals surface area contributed by atoms with Crippen LogP contribution in [0.2, 0.25) is 0 Å². The lowest BCUT2D eigenvalue weighted by Gasteiger charge is -2.11. The van der Waals surface area contributed by atoms with Gasteiger partial charge >= 0.3 is 0 Å². The second-order valence-corrected chi connectivity index (χ2v) is 5.12. The number of rotatable bonds is 4. The Kier molecular flexibility index (Phi) is 4.24. The van der Waals surface area contributed by atoms with Crippen molar-refractivity contribution in [3.05, 3.63) is 65.7 Å². The van der Waals surface area contributed by atoms with E-state index in [9.17, 15) is 0 Å². The van der Waals surface area contributed by atoms with Gasteiger partial charge in [-0.25, -0.2) is 0 Å². The largest absolute Gasteiger partial charge is 0.324 e. The van der Waals surface area contributed by atoms with Crippen LogP contribution in [0, 0.1) is 0 Å². The van der Waals surface area contributed by atoms with Gasteiger partial charge in [-0.3, -0.25) is 0 Å². The normalized spacial score (nSPS) is 12.4. The maximum Gasteiger partial charge on any atom is 0.0277 e. The SMILES string of the molecule is C[C@@H](N)c1ccccc1SCc1ccccc1. The van der Waals surface area contributed by atoms with Gasteiger partial charge in [0.1, 0.15) is 0 Å². The van der Waals surface area contributed by atoms with E-state index in [1.807, 2.05) is 30.8 Å². The highest BCUT2D eigenvalue weighted by Gasteiger charge is 2.06. The Balaban J connectivity index is 2.09. The number of hydrogen-bond donors (Lipinski definition) is 1. The summed E-state index contributed by atoms with van der Waals surface area (Å²) < 4.78 is 0. The lowest BCUT2D eigenvalue weighted by molar-refractivity contribution is 0.797. The second kappa shape index (κ2) is 5.89. The van der Waals surface area contributed by atoms with Crippen LogP contribution in [0.3, 0.4) is 0 Å². The fourth-order valence-electron chi connectivity index (χ4n) is 1.72. The lowest BCUT2D eigenvalue weighted by atomic mass is 10.1. The van der Waals surface area contributed by atoms with Crippen LogP contribution in [0.25, 0.3) is 0 Å². The first kappa shape index (κ1) is 12.2. The van der Waals surface area contributed by atoms with Crippen LogP contribution in [0.1, 0.15) is 24.1 Å². The first-order valence-corrected chi connectivity index (χ1v) is 6.77. The Morgan fingerprint density at radius 1 is 1.00 bits per heavy atom. The van der Waals surface area contributed by atoms with Crippen LogP contribution in [-0.4, -0.2) is 0 Å². The van der Waals surface area contributed by atoms with Gasteiger partial charge in [0.2, 0.25) is 0 Å². The van der Waals surface area contributed by atoms with Crippen molar-refractivity contribution < 1.29 is 0 Å². The molecule has 2 N–H and O–H groups in total. The Morgan fingerprint density at radius 2 is 1.65 bits per heavy atom. The zero-order valence-electron chi connectivity index (χ0n) is 9.97. The highest BCUT2D eigenvalue weighted by molar-refractivity contribution is 7.98. The molecule has 0 unspecified atom stereocenters. The van der Waals surface area contributed by atoms with Crippen LogP contribution < -0.4 is 5.73 Å². The molecule has 0 spiro atoms. The van der Waals surface area contributed by atoms with Crippen molar-refractivity contribution in [1.82, 2.24) is 0 Å². The van der Waals surface area contributed by atoms with Crippen LogP contribution in [0.4, 0.5) is 0 Å². The highest BCUT2D eigenvalue weighted by Crippen LogP contribution is 2.28. The van der Waals surface area contributed by atoms with Gasteiger partial charge in [-0.15, -0.1) is 11.8 Å². The van der Waals surface area contributed by atoms with Gasteiger partial charge < -0.3 is 5.73 Å². The molecule has 2 heteroatoms. The van der Waals surface area contributed by atoms with E-state index < -0.39 is 0 Å². The van der Waals surface area contributed by atoms with Crippen LogP contribution in [0.15, 0.2) is 59.5 Å². The fourth-order valence-corrected chi connectivity index (χ4v) is 2.83. The Hall–Kier alpha value is -1.25. The van der Waals surface area contributed by atoms with Gasteiger partial charge in [0.15, 0.2) is 0 Å². The van der Waals surface area contributed by atoms with E-state index in [-0.39, 0.29) is 6.04 Å². The zero-order valence-corrected chi connectivity index (χ0v) is 10.8. The van der Waals surface area contributed by atoms with E-state index in [2.05, 4.69) is 42.5 Å². The molecule has 0 saturated carbocycles. The van der Waals surface area contributed by atoms with Gasteiger partial charge in [0.05, 0.1) is 0 Å². The summed E-state index contributed by atoms with van der Waals surface area (Å²) in [5.74, 6) is 0.991. The third kappa shape index (κ3) is 3.35. The summed E-state index contributed by atoms with van der Waals surface area (Å²) in [6.07, 6.45) is 0. The van der Waals surface area contributed by atoms with Crippen molar-refractivity contribution in [2.75, 3.05) is 0 Å². The molecule has 0 fully saturated rings. The summed E-state index contributed by atoms with van der Waals surface area (Å²) in [4.78, 5) is 1.28. The standard InChI is InChI=1S/C15H17NS/c1-12(16)14-9-5-6-10-15(14)17-11-13-7-3-2-4-8-13/h2-10,12H,11,16H2,1H3/t12-/m1/s1. The molecule has 0 aliphatic heterocycles. The van der Waals surface area contributed by atoms with Crippen molar-refractivity contribution in [3.8, 4) is 0 Å². The van der Waals surface area contributed by atoms with Gasteiger partial charge in [-0.1, -0.05) is 48.5 Å². The molecular weight excluding hydrogens is 226 g/mol. The van der Waals surface area contributed by atoms with Crippen LogP contribution >= 0.6 is 11.8 Å². The van der Waals surface area contributed by atoms with E-state index >= 15 is 0 Å². The van der Waals surface area contributed by atoms with Crippen molar-refractivity contribution in [3.63, 3.8) is 0 Å². The van der Waals surface area contributed by atoms with Gasteiger partial charge in [-0.2, -0.15) is 0 Å². The predicted molar refractivity (Wildman–Crippen MR) is 75.0 cm³/mol. The minimum absolute atomic E-state index is 0.0921. The maximum absolute atomic E-state index is 5.97. The topological polar surface area (TPSA) is 26.0 Å². The van der Waals surface area contributed by atoms with E-state index in [0.29, 0.717) is 0 Å². The molecule has 2 rings (SSSR count). The smallest absolute Gasteiger partial charge is 0.0277 e. The van der Waals surface area contributed by atoms with Gasteiger partial charge in [0.25, 0.3) is 0 Å². The summed E-state index contributed by atoms with van der Waals surface area (Å²) in [6, 6.07) is 19.0. The van der Waals surface area contributed by atoms with E-state index in [0.717, 1.165) is 5.75 Å². The predicted octanol–water partition coefficient (Wildman–Crippen LogP) is 4.00. The molecule has 1 atom stereocenters. The van der Waals surface area contributed by atoms with Crippen molar-refractivity contribution in [2.24, 2.45) is 5.73 Å². The summed E-state index contributed by atoms with van der Waals surface area (Å²) in [6.45, 7) is 2.03. The average Bonchev–Trinajstić information content (AvgIpc) is 2.38. The molecule has 0 amide bonds. The molecule has 0 aliphatic rings. The molecule has 88 valence electrons. The molecule has 0 aromatic heterocycles. The van der Waals surface area contributed by atoms with E-state index in [1.165, 1.54) is 16.0 Å². The molecule has 0 bridgehead atoms. The Bertz CT molecular complexity index is 465. The minimum Gasteiger partial charge on any atom is -0.324 e. The summed E-state index contributed by atoms with van der Waals surface area (Å²) in [5, 5.41) is 0. The Labute approximate surface area is 107 Å². The van der Waals surface area contributed by atoms with Crippen LogP contribution in [0.5, 0.6) is 0 Å². The van der Waals surface area contributed by atoms with Crippen molar-refractivity contribution in [1.29, 1.82) is 0 Å². The Morgan fingerprint density at radius 3 is 2.35 bits per heavy atom. The lowest BCUT2D eigenvalue weighted by Crippen LogP contribution is -2.06.